The molecular weight excluding hydrogens is 90.1 g/mol. The van der Waals surface area contributed by atoms with Crippen LogP contribution in [0.25, 0.3) is 0 Å². The topological polar surface area (TPSA) is 32.6 Å². The van der Waals surface area contributed by atoms with Crippen molar-refractivity contribution >= 4 is 6.21 Å². The summed E-state index contributed by atoms with van der Waals surface area (Å²) < 4.78 is 0. The molecule has 2 heteroatoms. The molecule has 0 rings (SSSR count). The fourth-order valence-electron chi connectivity index (χ4n) is 0.149. The first kappa shape index (κ1) is 5.95. The Morgan fingerprint density at radius 3 is 2.71 bits per heavy atom. The lowest BCUT2D eigenvalue weighted by molar-refractivity contribution is 0.472. The van der Waals surface area contributed by atoms with Gasteiger partial charge in [-0.15, -0.1) is 0 Å². The highest BCUT2D eigenvalue weighted by Gasteiger charge is 1.53. The molecule has 0 aromatic carbocycles. The molecule has 0 spiro atoms. The van der Waals surface area contributed by atoms with Gasteiger partial charge in [0.05, 0.1) is 12.5 Å². The van der Waals surface area contributed by atoms with Crippen molar-refractivity contribution in [3.05, 3.63) is 25.1 Å². The molecule has 0 aliphatic carbocycles. The van der Waals surface area contributed by atoms with Gasteiger partial charge in [0, 0.05) is 6.21 Å². The van der Waals surface area contributed by atoms with Gasteiger partial charge in [-0.25, -0.2) is 0 Å². The SMILES string of the molecule is C=CC=N/C=C\O. The van der Waals surface area contributed by atoms with Gasteiger partial charge in [0.1, 0.15) is 0 Å². The number of hydrogen-bond acceptors (Lipinski definition) is 2. The molecule has 0 aliphatic rings. The van der Waals surface area contributed by atoms with Crippen molar-refractivity contribution in [2.24, 2.45) is 4.99 Å². The zero-order valence-electron chi connectivity index (χ0n) is 3.91. The van der Waals surface area contributed by atoms with E-state index in [2.05, 4.69) is 11.6 Å². The van der Waals surface area contributed by atoms with E-state index in [0.29, 0.717) is 0 Å². The first-order valence-corrected chi connectivity index (χ1v) is 1.85. The molecule has 0 saturated heterocycles. The van der Waals surface area contributed by atoms with Crippen molar-refractivity contribution in [3.63, 3.8) is 0 Å². The van der Waals surface area contributed by atoms with Crippen LogP contribution in [0.3, 0.4) is 0 Å². The first-order valence-electron chi connectivity index (χ1n) is 1.85. The van der Waals surface area contributed by atoms with Crippen molar-refractivity contribution in [2.75, 3.05) is 0 Å². The van der Waals surface area contributed by atoms with Crippen LogP contribution in [0.4, 0.5) is 0 Å². The van der Waals surface area contributed by atoms with Gasteiger partial charge in [-0.3, -0.25) is 4.99 Å². The molecule has 0 aromatic rings. The molecule has 0 radical (unpaired) electrons. The average molecular weight is 97.1 g/mol. The lowest BCUT2D eigenvalue weighted by Gasteiger charge is -1.66. The third kappa shape index (κ3) is 4.95. The molecule has 0 heterocycles. The Balaban J connectivity index is 3.27. The predicted molar refractivity (Wildman–Crippen MR) is 30.5 cm³/mol. The Morgan fingerprint density at radius 2 is 2.29 bits per heavy atom. The largest absolute Gasteiger partial charge is 0.514 e. The summed E-state index contributed by atoms with van der Waals surface area (Å²) in [5, 5.41) is 7.96. The van der Waals surface area contributed by atoms with Crippen molar-refractivity contribution in [3.8, 4) is 0 Å². The highest BCUT2D eigenvalue weighted by atomic mass is 16.2. The predicted octanol–water partition coefficient (Wildman–Crippen LogP) is 1.27. The van der Waals surface area contributed by atoms with Gasteiger partial charge in [0.15, 0.2) is 0 Å². The molecule has 1 N–H and O–H groups in total. The number of hydrogen-bond donors (Lipinski definition) is 1. The standard InChI is InChI=1S/C5H7NO/c1-2-3-6-4-5-7/h2-5,7H,1H2/b5-4-,6-3?. The Kier molecular flexibility index (Phi) is 4.21. The van der Waals surface area contributed by atoms with Crippen LogP contribution in [-0.4, -0.2) is 11.3 Å². The summed E-state index contributed by atoms with van der Waals surface area (Å²) in [6.45, 7) is 3.37. The number of allylic oxidation sites excluding steroid dienone is 1. The molecule has 0 unspecified atom stereocenters. The van der Waals surface area contributed by atoms with Crippen molar-refractivity contribution in [1.29, 1.82) is 0 Å². The van der Waals surface area contributed by atoms with Crippen LogP contribution in [0.2, 0.25) is 0 Å². The van der Waals surface area contributed by atoms with Crippen molar-refractivity contribution < 1.29 is 5.11 Å². The van der Waals surface area contributed by atoms with Crippen LogP contribution in [0, 0.1) is 0 Å². The van der Waals surface area contributed by atoms with Gasteiger partial charge in [0.25, 0.3) is 0 Å². The number of aliphatic imine (C=N–C) groups is 1. The van der Waals surface area contributed by atoms with E-state index < -0.39 is 0 Å². The monoisotopic (exact) mass is 97.1 g/mol. The van der Waals surface area contributed by atoms with Crippen LogP contribution in [-0.2, 0) is 0 Å². The summed E-state index contributed by atoms with van der Waals surface area (Å²) in [6, 6.07) is 0. The molecule has 0 aliphatic heterocycles. The molecule has 2 nitrogen and oxygen atoms in total. The van der Waals surface area contributed by atoms with Gasteiger partial charge in [-0.05, 0) is 0 Å². The van der Waals surface area contributed by atoms with Crippen LogP contribution >= 0.6 is 0 Å². The lowest BCUT2D eigenvalue weighted by Crippen LogP contribution is -1.55. The van der Waals surface area contributed by atoms with E-state index in [4.69, 9.17) is 5.11 Å². The summed E-state index contributed by atoms with van der Waals surface area (Å²) in [7, 11) is 0. The first-order chi connectivity index (χ1) is 3.41. The Bertz CT molecular complexity index is 94.3. The number of nitrogens with zero attached hydrogens (tertiary/aromatic N) is 1. The maximum atomic E-state index is 7.96. The molecule has 0 saturated carbocycles. The van der Waals surface area contributed by atoms with E-state index >= 15 is 0 Å². The fourth-order valence-corrected chi connectivity index (χ4v) is 0.149. The van der Waals surface area contributed by atoms with E-state index in [0.717, 1.165) is 6.26 Å². The molecular formula is C5H7NO. The van der Waals surface area contributed by atoms with Crippen molar-refractivity contribution in [2.45, 2.75) is 0 Å². The number of rotatable bonds is 2. The number of aliphatic hydroxyl groups is 1. The van der Waals surface area contributed by atoms with Gasteiger partial charge >= 0.3 is 0 Å². The summed E-state index contributed by atoms with van der Waals surface area (Å²) in [6.07, 6.45) is 5.13. The smallest absolute Gasteiger partial charge is 0.0974 e. The lowest BCUT2D eigenvalue weighted by atomic mass is 10.7. The second-order valence-electron chi connectivity index (χ2n) is 0.832. The summed E-state index contributed by atoms with van der Waals surface area (Å²) in [4.78, 5) is 3.53. The van der Waals surface area contributed by atoms with E-state index in [1.54, 1.807) is 0 Å². The van der Waals surface area contributed by atoms with E-state index in [9.17, 15) is 0 Å². The molecule has 7 heavy (non-hydrogen) atoms. The van der Waals surface area contributed by atoms with E-state index in [1.807, 2.05) is 0 Å². The Morgan fingerprint density at radius 1 is 1.57 bits per heavy atom. The highest BCUT2D eigenvalue weighted by Crippen LogP contribution is 1.66. The Labute approximate surface area is 42.5 Å². The summed E-state index contributed by atoms with van der Waals surface area (Å²) in [5.74, 6) is 0. The Hall–Kier alpha value is -1.05. The maximum absolute atomic E-state index is 7.96. The zero-order valence-corrected chi connectivity index (χ0v) is 3.91. The molecule has 0 aromatic heterocycles. The van der Waals surface area contributed by atoms with Crippen LogP contribution in [0.15, 0.2) is 30.1 Å². The van der Waals surface area contributed by atoms with Gasteiger partial charge in [-0.2, -0.15) is 0 Å². The minimum atomic E-state index is 0.861. The third-order valence-electron chi connectivity index (χ3n) is 0.344. The normalized spacial score (nSPS) is 10.9. The summed E-state index contributed by atoms with van der Waals surface area (Å²) in [5.41, 5.74) is 0. The van der Waals surface area contributed by atoms with Crippen LogP contribution in [0.1, 0.15) is 0 Å². The van der Waals surface area contributed by atoms with E-state index in [-0.39, 0.29) is 0 Å². The molecule has 0 fully saturated rings. The van der Waals surface area contributed by atoms with E-state index in [1.165, 1.54) is 18.5 Å². The van der Waals surface area contributed by atoms with Crippen LogP contribution < -0.4 is 0 Å². The van der Waals surface area contributed by atoms with Crippen LogP contribution in [0.5, 0.6) is 0 Å². The average Bonchev–Trinajstić information content (AvgIpc) is 1.69. The highest BCUT2D eigenvalue weighted by molar-refractivity contribution is 5.70. The second kappa shape index (κ2) is 4.95. The third-order valence-corrected chi connectivity index (χ3v) is 0.344. The minimum Gasteiger partial charge on any atom is -0.514 e. The molecule has 38 valence electrons. The van der Waals surface area contributed by atoms with Gasteiger partial charge < -0.3 is 5.11 Å². The van der Waals surface area contributed by atoms with Gasteiger partial charge in [-0.1, -0.05) is 12.7 Å². The second-order valence-corrected chi connectivity index (χ2v) is 0.832. The van der Waals surface area contributed by atoms with Gasteiger partial charge in [0.2, 0.25) is 0 Å². The zero-order chi connectivity index (χ0) is 5.54. The fraction of sp³-hybridized carbons (Fsp3) is 0. The summed E-state index contributed by atoms with van der Waals surface area (Å²) >= 11 is 0. The number of aliphatic hydroxyl groups excluding tert-OH is 1. The molecule has 0 amide bonds. The molecule has 0 atom stereocenters. The minimum absolute atomic E-state index is 0.861. The maximum Gasteiger partial charge on any atom is 0.0974 e. The van der Waals surface area contributed by atoms with Crippen molar-refractivity contribution in [1.82, 2.24) is 0 Å². The quantitative estimate of drug-likeness (QED) is 0.408. The molecule has 0 bridgehead atoms.